The number of amides is 1. The summed E-state index contributed by atoms with van der Waals surface area (Å²) in [4.78, 5) is 12.6. The summed E-state index contributed by atoms with van der Waals surface area (Å²) in [5, 5.41) is 2.77. The molecule has 1 aliphatic rings. The van der Waals surface area contributed by atoms with Gasteiger partial charge in [-0.3, -0.25) is 4.79 Å². The highest BCUT2D eigenvalue weighted by molar-refractivity contribution is 7.90. The Morgan fingerprint density at radius 1 is 1.48 bits per heavy atom. The molecule has 1 aromatic rings. The molecule has 6 nitrogen and oxygen atoms in total. The first-order valence-electron chi connectivity index (χ1n) is 6.60. The number of carbonyl (C=O) groups excluding carboxylic acids is 1. The molecule has 7 heteroatoms. The minimum absolute atomic E-state index is 0.167. The SMILES string of the molecule is Cc1ccc(S(C)(=O)=O)cc1NC(=O)C1(C)COCC1N. The predicted molar refractivity (Wildman–Crippen MR) is 79.8 cm³/mol. The molecule has 1 amide bonds. The zero-order valence-corrected chi connectivity index (χ0v) is 13.2. The first kappa shape index (κ1) is 15.9. The third-order valence-corrected chi connectivity index (χ3v) is 5.03. The van der Waals surface area contributed by atoms with Gasteiger partial charge in [0.15, 0.2) is 9.84 Å². The van der Waals surface area contributed by atoms with Gasteiger partial charge in [-0.1, -0.05) is 6.07 Å². The number of anilines is 1. The molecule has 0 aromatic heterocycles. The largest absolute Gasteiger partial charge is 0.379 e. The lowest BCUT2D eigenvalue weighted by Gasteiger charge is -2.26. The number of benzene rings is 1. The van der Waals surface area contributed by atoms with Crippen LogP contribution in [-0.2, 0) is 19.4 Å². The minimum Gasteiger partial charge on any atom is -0.379 e. The molecule has 1 fully saturated rings. The standard InChI is InChI=1S/C14H20N2O4S/c1-9-4-5-10(21(3,18)19)6-11(9)16-13(17)14(2)8-20-7-12(14)15/h4-6,12H,7-8,15H2,1-3H3,(H,16,17). The molecule has 3 N–H and O–H groups in total. The Morgan fingerprint density at radius 2 is 2.14 bits per heavy atom. The number of nitrogens with two attached hydrogens (primary N) is 1. The van der Waals surface area contributed by atoms with Gasteiger partial charge in [0.25, 0.3) is 0 Å². The van der Waals surface area contributed by atoms with E-state index in [9.17, 15) is 13.2 Å². The van der Waals surface area contributed by atoms with Crippen molar-refractivity contribution in [1.29, 1.82) is 0 Å². The molecule has 2 rings (SSSR count). The van der Waals surface area contributed by atoms with Crippen molar-refractivity contribution in [2.75, 3.05) is 24.8 Å². The van der Waals surface area contributed by atoms with Gasteiger partial charge in [-0.15, -0.1) is 0 Å². The van der Waals surface area contributed by atoms with Gasteiger partial charge >= 0.3 is 0 Å². The second kappa shape index (κ2) is 5.40. The molecular formula is C14H20N2O4S. The smallest absolute Gasteiger partial charge is 0.234 e. The fourth-order valence-electron chi connectivity index (χ4n) is 2.15. The molecule has 0 aliphatic carbocycles. The molecule has 116 valence electrons. The monoisotopic (exact) mass is 312 g/mol. The summed E-state index contributed by atoms with van der Waals surface area (Å²) in [6.07, 6.45) is 1.13. The van der Waals surface area contributed by atoms with E-state index in [-0.39, 0.29) is 23.5 Å². The zero-order valence-electron chi connectivity index (χ0n) is 12.3. The molecule has 2 atom stereocenters. The Morgan fingerprint density at radius 3 is 2.67 bits per heavy atom. The number of ether oxygens (including phenoxy) is 1. The number of carbonyl (C=O) groups is 1. The Kier molecular flexibility index (Phi) is 4.10. The van der Waals surface area contributed by atoms with Crippen LogP contribution in [0.5, 0.6) is 0 Å². The number of nitrogens with one attached hydrogen (secondary N) is 1. The van der Waals surface area contributed by atoms with Crippen LogP contribution in [0.3, 0.4) is 0 Å². The number of aryl methyl sites for hydroxylation is 1. The second-order valence-corrected chi connectivity index (χ2v) is 7.76. The summed E-state index contributed by atoms with van der Waals surface area (Å²) < 4.78 is 28.5. The summed E-state index contributed by atoms with van der Waals surface area (Å²) in [6.45, 7) is 4.14. The molecule has 0 spiro atoms. The fraction of sp³-hybridized carbons (Fsp3) is 0.500. The van der Waals surface area contributed by atoms with E-state index in [4.69, 9.17) is 10.5 Å². The summed E-state index contributed by atoms with van der Waals surface area (Å²) >= 11 is 0. The zero-order chi connectivity index (χ0) is 15.8. The number of rotatable bonds is 3. The van der Waals surface area contributed by atoms with Gasteiger partial charge in [0.05, 0.1) is 23.5 Å². The molecule has 21 heavy (non-hydrogen) atoms. The summed E-state index contributed by atoms with van der Waals surface area (Å²) in [6, 6.07) is 4.27. The van der Waals surface area contributed by atoms with Crippen LogP contribution in [0, 0.1) is 12.3 Å². The van der Waals surface area contributed by atoms with Gasteiger partial charge in [-0.2, -0.15) is 0 Å². The summed E-state index contributed by atoms with van der Waals surface area (Å²) in [7, 11) is -3.32. The Bertz CT molecular complexity index is 672. The second-order valence-electron chi connectivity index (χ2n) is 5.74. The van der Waals surface area contributed by atoms with Crippen LogP contribution in [0.25, 0.3) is 0 Å². The van der Waals surface area contributed by atoms with Crippen molar-refractivity contribution < 1.29 is 17.9 Å². The number of hydrogen-bond donors (Lipinski definition) is 2. The maximum Gasteiger partial charge on any atom is 0.234 e. The van der Waals surface area contributed by atoms with Crippen LogP contribution in [0.1, 0.15) is 12.5 Å². The highest BCUT2D eigenvalue weighted by atomic mass is 32.2. The maximum absolute atomic E-state index is 12.4. The van der Waals surface area contributed by atoms with E-state index in [1.807, 2.05) is 0 Å². The fourth-order valence-corrected chi connectivity index (χ4v) is 2.80. The van der Waals surface area contributed by atoms with Gasteiger partial charge in [0.1, 0.15) is 0 Å². The lowest BCUT2D eigenvalue weighted by molar-refractivity contribution is -0.125. The van der Waals surface area contributed by atoms with Crippen molar-refractivity contribution in [2.45, 2.75) is 24.8 Å². The van der Waals surface area contributed by atoms with Crippen molar-refractivity contribution in [3.63, 3.8) is 0 Å². The van der Waals surface area contributed by atoms with Crippen molar-refractivity contribution in [2.24, 2.45) is 11.1 Å². The first-order valence-corrected chi connectivity index (χ1v) is 8.49. The molecule has 0 radical (unpaired) electrons. The van der Waals surface area contributed by atoms with Crippen LogP contribution in [0.2, 0.25) is 0 Å². The lowest BCUT2D eigenvalue weighted by Crippen LogP contribution is -2.47. The van der Waals surface area contributed by atoms with Gasteiger partial charge in [-0.25, -0.2) is 8.42 Å². The molecule has 1 heterocycles. The molecule has 2 unspecified atom stereocenters. The Hall–Kier alpha value is -1.44. The lowest BCUT2D eigenvalue weighted by atomic mass is 9.84. The first-order chi connectivity index (χ1) is 9.64. The Balaban J connectivity index is 2.29. The van der Waals surface area contributed by atoms with Crippen LogP contribution in [0.4, 0.5) is 5.69 Å². The molecule has 0 bridgehead atoms. The van der Waals surface area contributed by atoms with Gasteiger partial charge < -0.3 is 15.8 Å². The van der Waals surface area contributed by atoms with E-state index in [1.165, 1.54) is 12.1 Å². The average Bonchev–Trinajstić information content (AvgIpc) is 2.72. The highest BCUT2D eigenvalue weighted by Crippen LogP contribution is 2.30. The van der Waals surface area contributed by atoms with E-state index in [0.717, 1.165) is 11.8 Å². The average molecular weight is 312 g/mol. The quantitative estimate of drug-likeness (QED) is 0.856. The van der Waals surface area contributed by atoms with Crippen molar-refractivity contribution in [3.05, 3.63) is 23.8 Å². The molecule has 1 saturated heterocycles. The van der Waals surface area contributed by atoms with Crippen LogP contribution in [-0.4, -0.2) is 39.8 Å². The van der Waals surface area contributed by atoms with Crippen LogP contribution < -0.4 is 11.1 Å². The summed E-state index contributed by atoms with van der Waals surface area (Å²) in [5.41, 5.74) is 6.37. The topological polar surface area (TPSA) is 98.5 Å². The number of hydrogen-bond acceptors (Lipinski definition) is 5. The van der Waals surface area contributed by atoms with Crippen LogP contribution >= 0.6 is 0 Å². The van der Waals surface area contributed by atoms with Crippen molar-refractivity contribution in [3.8, 4) is 0 Å². The van der Waals surface area contributed by atoms with E-state index in [2.05, 4.69) is 5.32 Å². The third-order valence-electron chi connectivity index (χ3n) is 3.92. The van der Waals surface area contributed by atoms with Crippen molar-refractivity contribution >= 4 is 21.4 Å². The molecule has 0 saturated carbocycles. The maximum atomic E-state index is 12.4. The van der Waals surface area contributed by atoms with Gasteiger partial charge in [0, 0.05) is 18.0 Å². The van der Waals surface area contributed by atoms with Crippen molar-refractivity contribution in [1.82, 2.24) is 0 Å². The van der Waals surface area contributed by atoms with Crippen LogP contribution in [0.15, 0.2) is 23.1 Å². The number of sulfone groups is 1. The highest BCUT2D eigenvalue weighted by Gasteiger charge is 2.44. The van der Waals surface area contributed by atoms with E-state index < -0.39 is 15.3 Å². The predicted octanol–water partition coefficient (Wildman–Crippen LogP) is 0.701. The normalized spacial score (nSPS) is 25.8. The Labute approximate surface area is 124 Å². The van der Waals surface area contributed by atoms with Gasteiger partial charge in [0.2, 0.25) is 5.91 Å². The van der Waals surface area contributed by atoms with E-state index >= 15 is 0 Å². The van der Waals surface area contributed by atoms with E-state index in [1.54, 1.807) is 19.9 Å². The minimum atomic E-state index is -3.32. The van der Waals surface area contributed by atoms with Gasteiger partial charge in [-0.05, 0) is 31.5 Å². The molecule has 1 aromatic carbocycles. The van der Waals surface area contributed by atoms with E-state index in [0.29, 0.717) is 12.3 Å². The third kappa shape index (κ3) is 3.09. The molecule has 1 aliphatic heterocycles. The summed E-state index contributed by atoms with van der Waals surface area (Å²) in [5.74, 6) is -0.263. The molecular weight excluding hydrogens is 292 g/mol.